The van der Waals surface area contributed by atoms with Crippen molar-refractivity contribution in [3.05, 3.63) is 18.2 Å². The van der Waals surface area contributed by atoms with E-state index < -0.39 is 241 Å². The van der Waals surface area contributed by atoms with E-state index in [1.807, 2.05) is 0 Å². The molecule has 57 heteroatoms. The number of nitrogens with one attached hydrogen (secondary N) is 2. The van der Waals surface area contributed by atoms with Crippen LogP contribution in [0.15, 0.2) is 23.1 Å². The Morgan fingerprint density at radius 3 is 0.588 bits per heavy atom. The van der Waals surface area contributed by atoms with Crippen molar-refractivity contribution in [1.29, 1.82) is 0 Å². The van der Waals surface area contributed by atoms with Gasteiger partial charge in [0, 0.05) is 63.7 Å². The van der Waals surface area contributed by atoms with Gasteiger partial charge in [-0.3, -0.25) is 0 Å². The first-order valence-corrected chi connectivity index (χ1v) is 33.9. The van der Waals surface area contributed by atoms with Crippen molar-refractivity contribution in [3.8, 4) is 0 Å². The first-order valence-electron chi connectivity index (χ1n) is 19.9. The van der Waals surface area contributed by atoms with Crippen molar-refractivity contribution < 1.29 is 383 Å². The van der Waals surface area contributed by atoms with Gasteiger partial charge in [0.2, 0.25) is 35.7 Å². The van der Waals surface area contributed by atoms with Crippen LogP contribution in [0.3, 0.4) is 0 Å². The monoisotopic (exact) mass is 1470 g/mol. The summed E-state index contributed by atoms with van der Waals surface area (Å²) in [6, 6.07) is 1.82. The van der Waals surface area contributed by atoms with Gasteiger partial charge in [0.15, 0.2) is 0 Å². The summed E-state index contributed by atoms with van der Waals surface area (Å²) in [6.07, 6.45) is 0. The van der Waals surface area contributed by atoms with E-state index >= 15 is 0 Å². The van der Waals surface area contributed by atoms with Crippen molar-refractivity contribution >= 4 is 138 Å². The number of aromatic nitrogens is 6. The smallest absolute Gasteiger partial charge is 0.748 e. The fourth-order valence-electron chi connectivity index (χ4n) is 5.55. The molecule has 0 saturated heterocycles. The molecule has 0 saturated carbocycles. The van der Waals surface area contributed by atoms with E-state index in [0.717, 1.165) is 6.07 Å². The van der Waals surface area contributed by atoms with Crippen molar-refractivity contribution in [2.45, 2.75) is 4.90 Å². The maximum atomic E-state index is 12.5. The second-order valence-electron chi connectivity index (χ2n) is 15.0. The molecule has 2 heterocycles. The number of hydrogen-bond donors (Lipinski definition) is 2. The number of nitrogens with zero attached hydrogens (tertiary/aromatic N) is 10. The maximum Gasteiger partial charge on any atom is 1.00 e. The van der Waals surface area contributed by atoms with Crippen LogP contribution in [0.2, 0.25) is 0 Å². The van der Waals surface area contributed by atoms with Gasteiger partial charge >= 0.3 is 266 Å². The second kappa shape index (κ2) is 43.5. The van der Waals surface area contributed by atoms with Crippen molar-refractivity contribution in [2.24, 2.45) is 0 Å². The maximum absolute atomic E-state index is 12.5. The Morgan fingerprint density at radius 1 is 0.282 bits per heavy atom. The predicted octanol–water partition coefficient (Wildman–Crippen LogP) is -34.9. The summed E-state index contributed by atoms with van der Waals surface area (Å²) in [4.78, 5) is 24.3. The summed E-state index contributed by atoms with van der Waals surface area (Å²) in [6.45, 7) is -8.37. The van der Waals surface area contributed by atoms with E-state index in [9.17, 15) is 117 Å². The summed E-state index contributed by atoms with van der Waals surface area (Å²) < 4.78 is 316. The molecule has 0 radical (unpaired) electrons. The Bertz CT molecular complexity index is 3120. The molecule has 3 rings (SSSR count). The number of hydrogen-bond acceptors (Lipinski definition) is 39. The summed E-state index contributed by atoms with van der Waals surface area (Å²) in [5, 5.41) is 4.62. The number of benzene rings is 1. The van der Waals surface area contributed by atoms with Gasteiger partial charge in [-0.1, -0.05) is 0 Å². The zero-order valence-corrected chi connectivity index (χ0v) is 72.1. The van der Waals surface area contributed by atoms with Crippen molar-refractivity contribution in [3.63, 3.8) is 0 Å². The van der Waals surface area contributed by atoms with Gasteiger partial charge in [-0.05, 0) is 18.2 Å². The Kier molecular flexibility index (Phi) is 52.6. The molecule has 0 unspecified atom stereocenters. The minimum atomic E-state index is -5.65. The van der Waals surface area contributed by atoms with Crippen LogP contribution >= 0.6 is 0 Å². The third-order valence-corrected chi connectivity index (χ3v) is 15.2. The van der Waals surface area contributed by atoms with Crippen LogP contribution in [0.4, 0.5) is 47.1 Å². The third kappa shape index (κ3) is 46.9. The molecule has 2 aromatic heterocycles. The zero-order chi connectivity index (χ0) is 58.1. The van der Waals surface area contributed by atoms with E-state index in [-0.39, 0.29) is 266 Å². The summed E-state index contributed by atoms with van der Waals surface area (Å²) in [7, 11) is -47.2. The Labute approximate surface area is 689 Å². The van der Waals surface area contributed by atoms with E-state index in [4.69, 9.17) is 0 Å². The van der Waals surface area contributed by atoms with Crippen molar-refractivity contribution in [2.75, 3.05) is 129 Å². The molecule has 0 amide bonds. The predicted molar refractivity (Wildman–Crippen MR) is 246 cm³/mol. The van der Waals surface area contributed by atoms with Crippen LogP contribution in [0.1, 0.15) is 0 Å². The molecule has 0 aliphatic carbocycles. The normalized spacial score (nSPS) is 11.9. The van der Waals surface area contributed by atoms with Crippen molar-refractivity contribution in [1.82, 2.24) is 29.9 Å². The van der Waals surface area contributed by atoms with Crippen LogP contribution < -0.4 is 296 Å². The van der Waals surface area contributed by atoms with Gasteiger partial charge in [0.05, 0.1) is 132 Å². The molecule has 0 aliphatic rings. The molecule has 0 atom stereocenters. The number of anilines is 8. The number of rotatable bonds is 33. The molecule has 0 bridgehead atoms. The SMILES string of the molecule is O=S(=O)([O-])CCN(CCS(=O)(=O)[O-])c1nc(Nc2cc(Nc3nc(N(CCS(=O)(=O)[O-])CCS(=O)(=O)[O-])nc(N(CCS(=O)(=O)[O-])CCS(=O)(=O)[O-])n3)cc(S(=O)(=O)[O-])c2)nc(N(CCS(=O)(=O)[O-])CCS(=O)(=O)[O-])n1.[Na+].[Na+].[Na+].[Na+].[Na+].[Na+].[Na+].[Na+].[Na+]. The fraction of sp³-hybridized carbons (Fsp3) is 0.571. The first kappa shape index (κ1) is 103. The first-order chi connectivity index (χ1) is 34.2. The molecular formula is C28H37N12Na9O27S9. The Hall–Kier alpha value is 4.23. The van der Waals surface area contributed by atoms with Crippen LogP contribution in [0, 0.1) is 0 Å². The molecule has 434 valence electrons. The molecule has 85 heavy (non-hydrogen) atoms. The fourth-order valence-corrected chi connectivity index (χ4v) is 9.65. The van der Waals surface area contributed by atoms with Crippen LogP contribution in [-0.2, 0) is 91.1 Å². The summed E-state index contributed by atoms with van der Waals surface area (Å²) in [5.41, 5.74) is -1.37. The third-order valence-electron chi connectivity index (χ3n) is 8.95. The van der Waals surface area contributed by atoms with E-state index in [1.165, 1.54) is 0 Å². The minimum Gasteiger partial charge on any atom is -0.748 e. The van der Waals surface area contributed by atoms with E-state index in [0.29, 0.717) is 31.7 Å². The Morgan fingerprint density at radius 2 is 0.447 bits per heavy atom. The molecule has 3 aromatic rings. The second-order valence-corrected chi connectivity index (χ2v) is 28.6. The summed E-state index contributed by atoms with van der Waals surface area (Å²) in [5.74, 6) is -16.7. The topological polar surface area (TPSA) is 629 Å². The van der Waals surface area contributed by atoms with Gasteiger partial charge in [-0.2, -0.15) is 29.9 Å². The quantitative estimate of drug-likeness (QED) is 0.0422. The minimum absolute atomic E-state index is 0. The average molecular weight is 1470 g/mol. The van der Waals surface area contributed by atoms with E-state index in [2.05, 4.69) is 40.5 Å². The van der Waals surface area contributed by atoms with Gasteiger partial charge in [0.1, 0.15) is 10.1 Å². The Balaban J connectivity index is -0.00000135. The molecule has 0 aliphatic heterocycles. The molecule has 39 nitrogen and oxygen atoms in total. The van der Waals surface area contributed by atoms with Crippen LogP contribution in [-0.4, -0.2) is 245 Å². The molecule has 0 fully saturated rings. The van der Waals surface area contributed by atoms with Crippen LogP contribution in [0.5, 0.6) is 0 Å². The largest absolute Gasteiger partial charge is 1.00 e. The average Bonchev–Trinajstić information content (AvgIpc) is 3.20. The van der Waals surface area contributed by atoms with Gasteiger partial charge < -0.3 is 71.2 Å². The molecular weight excluding hydrogens is 1430 g/mol. The molecule has 1 aromatic carbocycles. The van der Waals surface area contributed by atoms with Gasteiger partial charge in [-0.15, -0.1) is 0 Å². The van der Waals surface area contributed by atoms with Gasteiger partial charge in [-0.25, -0.2) is 75.8 Å². The summed E-state index contributed by atoms with van der Waals surface area (Å²) >= 11 is 0. The van der Waals surface area contributed by atoms with Gasteiger partial charge in [0.25, 0.3) is 0 Å². The van der Waals surface area contributed by atoms with E-state index in [1.54, 1.807) is 0 Å². The zero-order valence-electron chi connectivity index (χ0n) is 46.7. The molecule has 0 spiro atoms. The molecule has 2 N–H and O–H groups in total. The standard InChI is InChI=1S/C28H46N12O27S9.9Na/c41-68(42,43)9-1-37(2-10-69(44,45)46)25-31-23(32-26(35-25)38(3-11-70(47,48)49)4-12-71(50,51)52)29-20-17-21(19-22(18-20)76(65,66)67)30-24-33-27(39(5-13-72(53,54)55)6-14-73(56,57)58)36-28(34-24)40(7-15-74(59,60)61)8-16-75(62,63)64;;;;;;;;;/h17-19H,1-16H2,(H,41,42,43)(H,44,45,46)(H,47,48,49)(H,50,51,52)(H,53,54,55)(H,56,57,58)(H,59,60,61)(H,62,63,64)(H,65,66,67)(H,29,31,32,35)(H,30,33,34,36);;;;;;;;;/q;9*+1/p-9. The van der Waals surface area contributed by atoms with Crippen LogP contribution in [0.25, 0.3) is 0 Å².